The molecular formula is C16H17Cl2NS. The highest BCUT2D eigenvalue weighted by Gasteiger charge is 2.10. The minimum Gasteiger partial charge on any atom is -0.378 e. The van der Waals surface area contributed by atoms with Crippen molar-refractivity contribution in [1.82, 2.24) is 0 Å². The van der Waals surface area contributed by atoms with Crippen LogP contribution in [0.1, 0.15) is 24.9 Å². The molecule has 0 bridgehead atoms. The van der Waals surface area contributed by atoms with E-state index < -0.39 is 0 Å². The minimum atomic E-state index is 0.227. The van der Waals surface area contributed by atoms with Gasteiger partial charge in [-0.2, -0.15) is 0 Å². The fourth-order valence-electron chi connectivity index (χ4n) is 2.04. The fraction of sp³-hybridized carbons (Fsp3) is 0.250. The summed E-state index contributed by atoms with van der Waals surface area (Å²) in [6, 6.07) is 14.5. The normalized spacial score (nSPS) is 12.2. The molecule has 0 aliphatic rings. The summed E-state index contributed by atoms with van der Waals surface area (Å²) in [5.74, 6) is 0. The van der Waals surface area contributed by atoms with Crippen molar-refractivity contribution >= 4 is 40.7 Å². The van der Waals surface area contributed by atoms with Crippen molar-refractivity contribution in [2.75, 3.05) is 11.6 Å². The van der Waals surface area contributed by atoms with Crippen LogP contribution < -0.4 is 5.32 Å². The van der Waals surface area contributed by atoms with Crippen LogP contribution in [0.25, 0.3) is 0 Å². The molecule has 2 rings (SSSR count). The van der Waals surface area contributed by atoms with E-state index in [9.17, 15) is 0 Å². The molecule has 0 aliphatic carbocycles. The molecule has 0 aromatic heterocycles. The first-order chi connectivity index (χ1) is 9.63. The summed E-state index contributed by atoms with van der Waals surface area (Å²) < 4.78 is 0. The van der Waals surface area contributed by atoms with Gasteiger partial charge in [-0.15, -0.1) is 11.8 Å². The second-order valence-corrected chi connectivity index (χ2v) is 6.20. The molecule has 0 saturated carbocycles. The highest BCUT2D eigenvalue weighted by molar-refractivity contribution is 7.98. The Bertz CT molecular complexity index is 569. The summed E-state index contributed by atoms with van der Waals surface area (Å²) in [6.07, 6.45) is 3.05. The molecule has 0 saturated heterocycles. The Morgan fingerprint density at radius 3 is 2.30 bits per heavy atom. The molecule has 2 aromatic rings. The number of nitrogens with one attached hydrogen (secondary N) is 1. The smallest absolute Gasteiger partial charge is 0.0595 e. The molecule has 0 fully saturated rings. The van der Waals surface area contributed by atoms with Crippen molar-refractivity contribution in [2.45, 2.75) is 24.3 Å². The molecule has 0 aliphatic heterocycles. The predicted octanol–water partition coefficient (Wildman–Crippen LogP) is 6.28. The Labute approximate surface area is 134 Å². The summed E-state index contributed by atoms with van der Waals surface area (Å²) in [7, 11) is 0. The lowest BCUT2D eigenvalue weighted by Crippen LogP contribution is -2.09. The Morgan fingerprint density at radius 1 is 1.05 bits per heavy atom. The van der Waals surface area contributed by atoms with E-state index in [2.05, 4.69) is 42.8 Å². The van der Waals surface area contributed by atoms with Gasteiger partial charge in [0.15, 0.2) is 0 Å². The van der Waals surface area contributed by atoms with E-state index in [-0.39, 0.29) is 6.04 Å². The lowest BCUT2D eigenvalue weighted by Gasteiger charge is -2.19. The average Bonchev–Trinajstić information content (AvgIpc) is 2.48. The van der Waals surface area contributed by atoms with E-state index in [0.29, 0.717) is 10.0 Å². The van der Waals surface area contributed by atoms with Crippen molar-refractivity contribution in [2.24, 2.45) is 0 Å². The maximum absolute atomic E-state index is 6.09. The number of halogens is 2. The Balaban J connectivity index is 2.16. The van der Waals surface area contributed by atoms with Crippen LogP contribution in [0.4, 0.5) is 5.69 Å². The lowest BCUT2D eigenvalue weighted by atomic mass is 10.0. The molecule has 1 N–H and O–H groups in total. The molecule has 0 amide bonds. The van der Waals surface area contributed by atoms with Gasteiger partial charge in [0.1, 0.15) is 0 Å². The van der Waals surface area contributed by atoms with Crippen LogP contribution in [-0.4, -0.2) is 6.26 Å². The molecule has 4 heteroatoms. The van der Waals surface area contributed by atoms with Gasteiger partial charge in [-0.3, -0.25) is 0 Å². The summed E-state index contributed by atoms with van der Waals surface area (Å²) in [4.78, 5) is 1.26. The average molecular weight is 326 g/mol. The van der Waals surface area contributed by atoms with Gasteiger partial charge in [0.05, 0.1) is 16.1 Å². The number of anilines is 1. The third-order valence-electron chi connectivity index (χ3n) is 3.19. The van der Waals surface area contributed by atoms with Crippen LogP contribution >= 0.6 is 35.0 Å². The molecular weight excluding hydrogens is 309 g/mol. The Hall–Kier alpha value is -0.830. The van der Waals surface area contributed by atoms with Gasteiger partial charge in [0.25, 0.3) is 0 Å². The van der Waals surface area contributed by atoms with Crippen LogP contribution in [0.3, 0.4) is 0 Å². The monoisotopic (exact) mass is 325 g/mol. The lowest BCUT2D eigenvalue weighted by molar-refractivity contribution is 0.749. The zero-order valence-electron chi connectivity index (χ0n) is 11.5. The molecule has 0 radical (unpaired) electrons. The first-order valence-electron chi connectivity index (χ1n) is 6.49. The highest BCUT2D eigenvalue weighted by atomic mass is 35.5. The van der Waals surface area contributed by atoms with Gasteiger partial charge in [-0.1, -0.05) is 36.2 Å². The van der Waals surface area contributed by atoms with Crippen molar-refractivity contribution in [1.29, 1.82) is 0 Å². The van der Waals surface area contributed by atoms with Crippen molar-refractivity contribution in [3.05, 3.63) is 58.1 Å². The molecule has 0 heterocycles. The van der Waals surface area contributed by atoms with Crippen molar-refractivity contribution in [3.63, 3.8) is 0 Å². The maximum Gasteiger partial charge on any atom is 0.0595 e. The van der Waals surface area contributed by atoms with Crippen LogP contribution in [0.2, 0.25) is 10.0 Å². The van der Waals surface area contributed by atoms with Crippen LogP contribution in [0.15, 0.2) is 47.4 Å². The number of thioether (sulfide) groups is 1. The van der Waals surface area contributed by atoms with Crippen LogP contribution in [0.5, 0.6) is 0 Å². The molecule has 0 spiro atoms. The highest BCUT2D eigenvalue weighted by Crippen LogP contribution is 2.29. The number of rotatable bonds is 5. The van der Waals surface area contributed by atoms with Crippen molar-refractivity contribution in [3.8, 4) is 0 Å². The molecule has 1 atom stereocenters. The van der Waals surface area contributed by atoms with Gasteiger partial charge in [0, 0.05) is 10.6 Å². The molecule has 106 valence electrons. The molecule has 2 aromatic carbocycles. The summed E-state index contributed by atoms with van der Waals surface area (Å²) in [5.41, 5.74) is 2.26. The Kier molecular flexibility index (Phi) is 5.64. The topological polar surface area (TPSA) is 12.0 Å². The third kappa shape index (κ3) is 3.85. The minimum absolute atomic E-state index is 0.227. The first-order valence-corrected chi connectivity index (χ1v) is 8.47. The second-order valence-electron chi connectivity index (χ2n) is 4.51. The van der Waals surface area contributed by atoms with Crippen molar-refractivity contribution < 1.29 is 0 Å². The predicted molar refractivity (Wildman–Crippen MR) is 91.3 cm³/mol. The summed E-state index contributed by atoms with van der Waals surface area (Å²) >= 11 is 13.8. The number of hydrogen-bond acceptors (Lipinski definition) is 2. The zero-order valence-corrected chi connectivity index (χ0v) is 13.8. The van der Waals surface area contributed by atoms with Crippen LogP contribution in [-0.2, 0) is 0 Å². The van der Waals surface area contributed by atoms with E-state index in [1.807, 2.05) is 18.2 Å². The van der Waals surface area contributed by atoms with E-state index in [1.165, 1.54) is 4.90 Å². The van der Waals surface area contributed by atoms with E-state index in [1.54, 1.807) is 11.8 Å². The number of benzene rings is 2. The van der Waals surface area contributed by atoms with E-state index in [0.717, 1.165) is 17.7 Å². The van der Waals surface area contributed by atoms with Gasteiger partial charge >= 0.3 is 0 Å². The summed E-state index contributed by atoms with van der Waals surface area (Å²) in [5, 5.41) is 4.72. The first kappa shape index (κ1) is 15.6. The van der Waals surface area contributed by atoms with Gasteiger partial charge < -0.3 is 5.32 Å². The van der Waals surface area contributed by atoms with E-state index in [4.69, 9.17) is 23.2 Å². The largest absolute Gasteiger partial charge is 0.378 e. The molecule has 20 heavy (non-hydrogen) atoms. The van der Waals surface area contributed by atoms with Gasteiger partial charge in [0.2, 0.25) is 0 Å². The fourth-order valence-corrected chi connectivity index (χ4v) is 2.75. The maximum atomic E-state index is 6.09. The third-order valence-corrected chi connectivity index (χ3v) is 4.67. The quantitative estimate of drug-likeness (QED) is 0.649. The van der Waals surface area contributed by atoms with E-state index >= 15 is 0 Å². The standard InChI is InChI=1S/C16H17Cl2NS/c1-3-16(11-4-9-14(17)15(18)10-11)19-12-5-7-13(20-2)8-6-12/h4-10,16,19H,3H2,1-2H3. The summed E-state index contributed by atoms with van der Waals surface area (Å²) in [6.45, 7) is 2.15. The molecule has 1 nitrogen and oxygen atoms in total. The SMILES string of the molecule is CCC(Nc1ccc(SC)cc1)c1ccc(Cl)c(Cl)c1. The van der Waals surface area contributed by atoms with Gasteiger partial charge in [-0.05, 0) is 54.6 Å². The number of hydrogen-bond donors (Lipinski definition) is 1. The Morgan fingerprint density at radius 2 is 1.75 bits per heavy atom. The molecule has 1 unspecified atom stereocenters. The zero-order chi connectivity index (χ0) is 14.5. The van der Waals surface area contributed by atoms with Crippen LogP contribution in [0, 0.1) is 0 Å². The second kappa shape index (κ2) is 7.26. The van der Waals surface area contributed by atoms with Gasteiger partial charge in [-0.25, -0.2) is 0 Å².